The van der Waals surface area contributed by atoms with Crippen LogP contribution in [0.1, 0.15) is 20.3 Å². The lowest BCUT2D eigenvalue weighted by Crippen LogP contribution is -2.23. The first kappa shape index (κ1) is 14.4. The van der Waals surface area contributed by atoms with Crippen molar-refractivity contribution in [2.45, 2.75) is 20.3 Å². The van der Waals surface area contributed by atoms with E-state index in [1.807, 2.05) is 0 Å². The maximum absolute atomic E-state index is 11.5. The average Bonchev–Trinajstić information content (AvgIpc) is 2.15. The lowest BCUT2D eigenvalue weighted by Gasteiger charge is -2.07. The first-order chi connectivity index (χ1) is 6.70. The average molecular weight is 257 g/mol. The van der Waals surface area contributed by atoms with Crippen molar-refractivity contribution >= 4 is 17.7 Å². The van der Waals surface area contributed by atoms with E-state index in [-0.39, 0.29) is 17.0 Å². The summed E-state index contributed by atoms with van der Waals surface area (Å²) in [7, 11) is -8.83. The molecule has 6 nitrogen and oxygen atoms in total. The van der Waals surface area contributed by atoms with Gasteiger partial charge in [0, 0.05) is 5.70 Å². The first-order valence-electron chi connectivity index (χ1n) is 4.24. The molecule has 0 aliphatic rings. The zero-order chi connectivity index (χ0) is 12.3. The molecule has 0 aromatic heterocycles. The minimum Gasteiger partial charge on any atom is -0.401 e. The van der Waals surface area contributed by atoms with Crippen LogP contribution in [-0.2, 0) is 17.7 Å². The minimum atomic E-state index is -4.45. The predicted molar refractivity (Wildman–Crippen MR) is 57.0 cm³/mol. The Morgan fingerprint density at radius 2 is 1.73 bits per heavy atom. The van der Waals surface area contributed by atoms with E-state index >= 15 is 0 Å². The maximum atomic E-state index is 11.5. The molecule has 0 saturated carbocycles. The van der Waals surface area contributed by atoms with Crippen molar-refractivity contribution in [2.24, 2.45) is 5.73 Å². The smallest absolute Gasteiger partial charge is 0.279 e. The molecule has 0 amide bonds. The SMILES string of the molecule is CCC(N)=C(C)S(=O)(=O)S(=O)(=O)CCO. The summed E-state index contributed by atoms with van der Waals surface area (Å²) in [5.41, 5.74) is 5.38. The highest BCUT2D eigenvalue weighted by atomic mass is 33.2. The minimum absolute atomic E-state index is 0.0107. The molecular weight excluding hydrogens is 242 g/mol. The second kappa shape index (κ2) is 4.95. The molecule has 0 saturated heterocycles. The highest BCUT2D eigenvalue weighted by Crippen LogP contribution is 2.18. The molecule has 90 valence electrons. The molecule has 0 unspecified atom stereocenters. The van der Waals surface area contributed by atoms with Crippen molar-refractivity contribution in [3.63, 3.8) is 0 Å². The van der Waals surface area contributed by atoms with E-state index in [0.717, 1.165) is 6.92 Å². The number of rotatable bonds is 5. The van der Waals surface area contributed by atoms with Crippen molar-refractivity contribution < 1.29 is 21.9 Å². The van der Waals surface area contributed by atoms with Crippen LogP contribution < -0.4 is 5.73 Å². The van der Waals surface area contributed by atoms with Gasteiger partial charge in [0.25, 0.3) is 17.7 Å². The van der Waals surface area contributed by atoms with E-state index in [0.29, 0.717) is 0 Å². The van der Waals surface area contributed by atoms with E-state index in [1.54, 1.807) is 6.92 Å². The second-order valence-corrected chi connectivity index (χ2v) is 8.76. The Morgan fingerprint density at radius 3 is 2.07 bits per heavy atom. The van der Waals surface area contributed by atoms with Gasteiger partial charge in [-0.15, -0.1) is 0 Å². The highest BCUT2D eigenvalue weighted by molar-refractivity contribution is 8.68. The number of hydrogen-bond donors (Lipinski definition) is 2. The maximum Gasteiger partial charge on any atom is 0.279 e. The Balaban J connectivity index is 5.56. The molecule has 0 bridgehead atoms. The van der Waals surface area contributed by atoms with E-state index < -0.39 is 30.1 Å². The molecule has 0 radical (unpaired) electrons. The Kier molecular flexibility index (Phi) is 4.75. The number of hydrogen-bond acceptors (Lipinski definition) is 6. The van der Waals surface area contributed by atoms with Gasteiger partial charge in [0.15, 0.2) is 0 Å². The van der Waals surface area contributed by atoms with Crippen LogP contribution in [-0.4, -0.2) is 34.3 Å². The van der Waals surface area contributed by atoms with Crippen LogP contribution in [0.15, 0.2) is 10.6 Å². The molecule has 0 aliphatic carbocycles. The Hall–Kier alpha value is -0.600. The molecule has 0 aromatic carbocycles. The van der Waals surface area contributed by atoms with Crippen molar-refractivity contribution in [2.75, 3.05) is 12.4 Å². The summed E-state index contributed by atoms with van der Waals surface area (Å²) in [5.74, 6) is -0.816. The van der Waals surface area contributed by atoms with Crippen molar-refractivity contribution in [3.8, 4) is 0 Å². The molecule has 0 heterocycles. The van der Waals surface area contributed by atoms with Crippen LogP contribution in [0.3, 0.4) is 0 Å². The Morgan fingerprint density at radius 1 is 1.27 bits per heavy atom. The molecule has 0 fully saturated rings. The van der Waals surface area contributed by atoms with Gasteiger partial charge in [-0.25, -0.2) is 16.8 Å². The molecule has 15 heavy (non-hydrogen) atoms. The summed E-state index contributed by atoms with van der Waals surface area (Å²) in [6.07, 6.45) is 0.250. The van der Waals surface area contributed by atoms with E-state index in [4.69, 9.17) is 10.8 Å². The number of allylic oxidation sites excluding steroid dienone is 2. The van der Waals surface area contributed by atoms with Crippen LogP contribution >= 0.6 is 0 Å². The van der Waals surface area contributed by atoms with Gasteiger partial charge in [-0.1, -0.05) is 6.92 Å². The molecule has 0 spiro atoms. The first-order valence-corrected chi connectivity index (χ1v) is 7.89. The van der Waals surface area contributed by atoms with Crippen LogP contribution in [0.2, 0.25) is 0 Å². The molecule has 0 atom stereocenters. The molecule has 0 aromatic rings. The van der Waals surface area contributed by atoms with Gasteiger partial charge < -0.3 is 10.8 Å². The fourth-order valence-corrected chi connectivity index (χ4v) is 4.46. The lowest BCUT2D eigenvalue weighted by molar-refractivity contribution is 0.320. The van der Waals surface area contributed by atoms with E-state index in [9.17, 15) is 16.8 Å². The fraction of sp³-hybridized carbons (Fsp3) is 0.714. The number of aliphatic hydroxyl groups is 1. The van der Waals surface area contributed by atoms with Gasteiger partial charge >= 0.3 is 0 Å². The van der Waals surface area contributed by atoms with E-state index in [1.165, 1.54) is 0 Å². The summed E-state index contributed by atoms with van der Waals surface area (Å²) in [5, 5.41) is 8.45. The summed E-state index contributed by atoms with van der Waals surface area (Å²) < 4.78 is 45.6. The normalized spacial score (nSPS) is 14.9. The van der Waals surface area contributed by atoms with Gasteiger partial charge in [0.2, 0.25) is 0 Å². The summed E-state index contributed by atoms with van der Waals surface area (Å²) in [4.78, 5) is -0.363. The van der Waals surface area contributed by atoms with Gasteiger partial charge in [-0.3, -0.25) is 0 Å². The molecule has 3 N–H and O–H groups in total. The molecule has 0 aliphatic heterocycles. The van der Waals surface area contributed by atoms with Gasteiger partial charge in [-0.2, -0.15) is 0 Å². The van der Waals surface area contributed by atoms with Crippen molar-refractivity contribution in [1.82, 2.24) is 0 Å². The van der Waals surface area contributed by atoms with Gasteiger partial charge in [0.05, 0.1) is 17.3 Å². The summed E-state index contributed by atoms with van der Waals surface area (Å²) >= 11 is 0. The summed E-state index contributed by atoms with van der Waals surface area (Å²) in [6, 6.07) is 0. The number of nitrogens with two attached hydrogens (primary N) is 1. The third-order valence-corrected chi connectivity index (χ3v) is 7.50. The highest BCUT2D eigenvalue weighted by Gasteiger charge is 2.32. The van der Waals surface area contributed by atoms with Crippen LogP contribution in [0, 0.1) is 0 Å². The van der Waals surface area contributed by atoms with Crippen LogP contribution in [0.5, 0.6) is 0 Å². The van der Waals surface area contributed by atoms with Crippen molar-refractivity contribution in [3.05, 3.63) is 10.6 Å². The largest absolute Gasteiger partial charge is 0.401 e. The lowest BCUT2D eigenvalue weighted by atomic mass is 10.3. The van der Waals surface area contributed by atoms with Gasteiger partial charge in [-0.05, 0) is 13.3 Å². The molecule has 8 heteroatoms. The summed E-state index contributed by atoms with van der Waals surface area (Å²) in [6.45, 7) is 2.02. The predicted octanol–water partition coefficient (Wildman–Crippen LogP) is -0.676. The zero-order valence-corrected chi connectivity index (χ0v) is 10.2. The van der Waals surface area contributed by atoms with Crippen LogP contribution in [0.25, 0.3) is 0 Å². The third-order valence-electron chi connectivity index (χ3n) is 1.88. The van der Waals surface area contributed by atoms with Crippen LogP contribution in [0.4, 0.5) is 0 Å². The third kappa shape index (κ3) is 2.93. The van der Waals surface area contributed by atoms with E-state index in [2.05, 4.69) is 0 Å². The second-order valence-electron chi connectivity index (χ2n) is 2.87. The quantitative estimate of drug-likeness (QED) is 0.631. The monoisotopic (exact) mass is 257 g/mol. The fourth-order valence-electron chi connectivity index (χ4n) is 0.821. The Labute approximate surface area is 89.0 Å². The Bertz CT molecular complexity index is 446. The standard InChI is InChI=1S/C7H15NO5S2/c1-3-7(8)6(2)15(12,13)14(10,11)5-4-9/h9H,3-5,8H2,1-2H3. The zero-order valence-electron chi connectivity index (χ0n) is 8.60. The topological polar surface area (TPSA) is 115 Å². The molecular formula is C7H15NO5S2. The van der Waals surface area contributed by atoms with Gasteiger partial charge in [0.1, 0.15) is 0 Å². The number of aliphatic hydroxyl groups excluding tert-OH is 1. The van der Waals surface area contributed by atoms with Crippen molar-refractivity contribution in [1.29, 1.82) is 0 Å². The molecule has 0 rings (SSSR count).